The van der Waals surface area contributed by atoms with Gasteiger partial charge in [-0.1, -0.05) is 0 Å². The predicted octanol–water partition coefficient (Wildman–Crippen LogP) is 5.77. The van der Waals surface area contributed by atoms with Crippen molar-refractivity contribution in [3.63, 3.8) is 0 Å². The lowest BCUT2D eigenvalue weighted by molar-refractivity contribution is -0.148. The standard InChI is InChI=1S/C28H28F3N7O3/c1-16-22(26(40-6)34-15-33-16)24-32-13-18(9-12-21(39)41-27(2,3)4)23(37-24)35-19-10-7-17(8-11-19)25-36-20(14-38(25)5)28(29,30)31/h7-15H,1-6H3,(H,32,35,37)/b12-9+. The minimum absolute atomic E-state index is 0.167. The van der Waals surface area contributed by atoms with E-state index < -0.39 is 23.4 Å². The molecule has 214 valence electrons. The van der Waals surface area contributed by atoms with Crippen molar-refractivity contribution in [2.75, 3.05) is 12.4 Å². The molecule has 0 aliphatic heterocycles. The molecule has 0 saturated heterocycles. The lowest BCUT2D eigenvalue weighted by Gasteiger charge is -2.18. The zero-order chi connectivity index (χ0) is 29.9. The second-order valence-electron chi connectivity index (χ2n) is 9.97. The Labute approximate surface area is 234 Å². The van der Waals surface area contributed by atoms with E-state index in [-0.39, 0.29) is 17.5 Å². The number of carbonyl (C=O) groups excluding carboxylic acids is 1. The lowest BCUT2D eigenvalue weighted by atomic mass is 10.1. The van der Waals surface area contributed by atoms with Gasteiger partial charge in [-0.3, -0.25) is 0 Å². The third-order valence-corrected chi connectivity index (χ3v) is 5.61. The van der Waals surface area contributed by atoms with Crippen LogP contribution in [0.3, 0.4) is 0 Å². The quantitative estimate of drug-likeness (QED) is 0.219. The normalized spacial score (nSPS) is 12.0. The smallest absolute Gasteiger partial charge is 0.434 e. The Hall–Kier alpha value is -4.81. The Morgan fingerprint density at radius 2 is 1.76 bits per heavy atom. The number of rotatable bonds is 7. The number of esters is 1. The van der Waals surface area contributed by atoms with Gasteiger partial charge in [0.2, 0.25) is 5.88 Å². The van der Waals surface area contributed by atoms with E-state index in [0.717, 1.165) is 6.20 Å². The van der Waals surface area contributed by atoms with Gasteiger partial charge in [-0.15, -0.1) is 0 Å². The molecule has 4 aromatic rings. The number of nitrogens with one attached hydrogen (secondary N) is 1. The van der Waals surface area contributed by atoms with Crippen molar-refractivity contribution in [2.24, 2.45) is 7.05 Å². The van der Waals surface area contributed by atoms with Crippen LogP contribution in [0.5, 0.6) is 5.88 Å². The number of nitrogens with zero attached hydrogens (tertiary/aromatic N) is 6. The van der Waals surface area contributed by atoms with Gasteiger partial charge in [0.1, 0.15) is 29.1 Å². The summed E-state index contributed by atoms with van der Waals surface area (Å²) in [4.78, 5) is 33.5. The van der Waals surface area contributed by atoms with Crippen LogP contribution in [0, 0.1) is 6.92 Å². The largest absolute Gasteiger partial charge is 0.480 e. The minimum Gasteiger partial charge on any atom is -0.480 e. The molecule has 0 spiro atoms. The van der Waals surface area contributed by atoms with E-state index in [1.54, 1.807) is 52.0 Å². The molecule has 4 rings (SSSR count). The Balaban J connectivity index is 1.70. The van der Waals surface area contributed by atoms with Crippen LogP contribution in [-0.4, -0.2) is 48.2 Å². The van der Waals surface area contributed by atoms with Crippen LogP contribution in [0.2, 0.25) is 0 Å². The predicted molar refractivity (Wildman–Crippen MR) is 146 cm³/mol. The third-order valence-electron chi connectivity index (χ3n) is 5.61. The number of aromatic nitrogens is 6. The van der Waals surface area contributed by atoms with Gasteiger partial charge in [0.15, 0.2) is 11.5 Å². The number of anilines is 2. The Morgan fingerprint density at radius 1 is 1.05 bits per heavy atom. The summed E-state index contributed by atoms with van der Waals surface area (Å²) in [5, 5.41) is 3.19. The number of carbonyl (C=O) groups is 1. The summed E-state index contributed by atoms with van der Waals surface area (Å²) < 4.78 is 51.4. The van der Waals surface area contributed by atoms with E-state index >= 15 is 0 Å². The molecule has 1 aromatic carbocycles. The molecule has 0 bridgehead atoms. The number of imidazole rings is 1. The number of alkyl halides is 3. The lowest BCUT2D eigenvalue weighted by Crippen LogP contribution is -2.22. The average Bonchev–Trinajstić information content (AvgIpc) is 3.29. The highest BCUT2D eigenvalue weighted by Gasteiger charge is 2.34. The number of hydrogen-bond acceptors (Lipinski definition) is 9. The molecule has 0 fully saturated rings. The molecule has 41 heavy (non-hydrogen) atoms. The van der Waals surface area contributed by atoms with Gasteiger partial charge >= 0.3 is 12.1 Å². The van der Waals surface area contributed by atoms with E-state index in [9.17, 15) is 18.0 Å². The molecule has 0 amide bonds. The molecule has 0 aliphatic carbocycles. The van der Waals surface area contributed by atoms with Crippen LogP contribution in [0.1, 0.15) is 37.7 Å². The maximum atomic E-state index is 13.1. The van der Waals surface area contributed by atoms with Crippen molar-refractivity contribution in [3.05, 3.63) is 66.0 Å². The van der Waals surface area contributed by atoms with E-state index in [0.29, 0.717) is 33.9 Å². The molecular weight excluding hydrogens is 539 g/mol. The second-order valence-corrected chi connectivity index (χ2v) is 9.97. The molecule has 0 atom stereocenters. The fraction of sp³-hybridized carbons (Fsp3) is 0.286. The van der Waals surface area contributed by atoms with Gasteiger partial charge in [-0.05, 0) is 58.0 Å². The Kier molecular flexibility index (Phi) is 8.08. The molecule has 1 N–H and O–H groups in total. The zero-order valence-corrected chi connectivity index (χ0v) is 23.2. The zero-order valence-electron chi connectivity index (χ0n) is 23.2. The number of methoxy groups -OCH3 is 1. The highest BCUT2D eigenvalue weighted by Crippen LogP contribution is 2.32. The van der Waals surface area contributed by atoms with Crippen LogP contribution in [0.25, 0.3) is 28.9 Å². The van der Waals surface area contributed by atoms with E-state index in [1.807, 2.05) is 0 Å². The van der Waals surface area contributed by atoms with E-state index in [2.05, 4.69) is 30.2 Å². The van der Waals surface area contributed by atoms with Crippen molar-refractivity contribution >= 4 is 23.6 Å². The summed E-state index contributed by atoms with van der Waals surface area (Å²) in [5.41, 5.74) is 0.982. The molecule has 0 saturated carbocycles. The van der Waals surface area contributed by atoms with Crippen LogP contribution in [0.15, 0.2) is 49.1 Å². The molecule has 3 aromatic heterocycles. The highest BCUT2D eigenvalue weighted by molar-refractivity contribution is 5.88. The number of hydrogen-bond donors (Lipinski definition) is 1. The third kappa shape index (κ3) is 7.04. The first-order valence-corrected chi connectivity index (χ1v) is 12.4. The van der Waals surface area contributed by atoms with Crippen LogP contribution in [-0.2, 0) is 22.8 Å². The summed E-state index contributed by atoms with van der Waals surface area (Å²) in [6.07, 6.45) is 2.09. The topological polar surface area (TPSA) is 117 Å². The first-order valence-electron chi connectivity index (χ1n) is 12.4. The molecule has 10 nitrogen and oxygen atoms in total. The molecule has 0 radical (unpaired) electrons. The van der Waals surface area contributed by atoms with E-state index in [1.165, 1.54) is 43.4 Å². The van der Waals surface area contributed by atoms with Crippen molar-refractivity contribution in [1.82, 2.24) is 29.5 Å². The van der Waals surface area contributed by atoms with Gasteiger partial charge in [-0.2, -0.15) is 13.2 Å². The fourth-order valence-electron chi connectivity index (χ4n) is 3.80. The molecule has 0 aliphatic rings. The van der Waals surface area contributed by atoms with Crippen molar-refractivity contribution in [1.29, 1.82) is 0 Å². The van der Waals surface area contributed by atoms with Gasteiger partial charge in [-0.25, -0.2) is 29.7 Å². The highest BCUT2D eigenvalue weighted by atomic mass is 19.4. The summed E-state index contributed by atoms with van der Waals surface area (Å²) in [6, 6.07) is 6.64. The maximum Gasteiger partial charge on any atom is 0.434 e. The Bertz CT molecular complexity index is 1590. The minimum atomic E-state index is -4.55. The maximum absolute atomic E-state index is 13.1. The second kappa shape index (κ2) is 11.4. The molecule has 13 heteroatoms. The first kappa shape index (κ1) is 29.2. The fourth-order valence-corrected chi connectivity index (χ4v) is 3.80. The Morgan fingerprint density at radius 3 is 2.37 bits per heavy atom. The first-order chi connectivity index (χ1) is 19.2. The molecular formula is C28H28F3N7O3. The monoisotopic (exact) mass is 567 g/mol. The number of benzene rings is 1. The summed E-state index contributed by atoms with van der Waals surface area (Å²) >= 11 is 0. The summed E-state index contributed by atoms with van der Waals surface area (Å²) in [6.45, 7) is 7.06. The van der Waals surface area contributed by atoms with Gasteiger partial charge in [0.05, 0.1) is 12.8 Å². The van der Waals surface area contributed by atoms with E-state index in [4.69, 9.17) is 9.47 Å². The number of halogens is 3. The number of ether oxygens (including phenoxy) is 2. The van der Waals surface area contributed by atoms with Crippen LogP contribution in [0.4, 0.5) is 24.7 Å². The number of aryl methyl sites for hydroxylation is 2. The van der Waals surface area contributed by atoms with Gasteiger partial charge in [0, 0.05) is 42.3 Å². The summed E-state index contributed by atoms with van der Waals surface area (Å²) in [5.74, 6) is 0.531. The summed E-state index contributed by atoms with van der Waals surface area (Å²) in [7, 11) is 2.97. The molecule has 0 unspecified atom stereocenters. The average molecular weight is 568 g/mol. The SMILES string of the molecule is COc1ncnc(C)c1-c1ncc(/C=C/C(=O)OC(C)(C)C)c(Nc2ccc(-c3nc(C(F)(F)F)cn3C)cc2)n1. The molecule has 3 heterocycles. The van der Waals surface area contributed by atoms with Crippen molar-refractivity contribution in [3.8, 4) is 28.7 Å². The van der Waals surface area contributed by atoms with Crippen LogP contribution >= 0.6 is 0 Å². The van der Waals surface area contributed by atoms with Gasteiger partial charge < -0.3 is 19.4 Å². The van der Waals surface area contributed by atoms with Gasteiger partial charge in [0.25, 0.3) is 0 Å². The van der Waals surface area contributed by atoms with Crippen molar-refractivity contribution < 1.29 is 27.4 Å². The van der Waals surface area contributed by atoms with Crippen molar-refractivity contribution in [2.45, 2.75) is 39.5 Å². The van der Waals surface area contributed by atoms with Crippen LogP contribution < -0.4 is 10.1 Å².